The first-order chi connectivity index (χ1) is 9.58. The number of aliphatic hydroxyl groups is 1. The highest BCUT2D eigenvalue weighted by molar-refractivity contribution is 6.05. The molecule has 2 rings (SSSR count). The SMILES string of the molecule is CC(O)CC(C)CNC(=O)c1ccnc2ccccc12. The van der Waals surface area contributed by atoms with Crippen LogP contribution in [0, 0.1) is 5.92 Å². The van der Waals surface area contributed by atoms with E-state index < -0.39 is 0 Å². The largest absolute Gasteiger partial charge is 0.393 e. The lowest BCUT2D eigenvalue weighted by molar-refractivity contribution is 0.0941. The second kappa shape index (κ2) is 6.48. The molecule has 0 fully saturated rings. The number of aromatic nitrogens is 1. The molecule has 1 heterocycles. The van der Waals surface area contributed by atoms with Gasteiger partial charge >= 0.3 is 0 Å². The Balaban J connectivity index is 2.08. The fraction of sp³-hybridized carbons (Fsp3) is 0.375. The molecular formula is C16H20N2O2. The van der Waals surface area contributed by atoms with Crippen LogP contribution >= 0.6 is 0 Å². The molecular weight excluding hydrogens is 252 g/mol. The van der Waals surface area contributed by atoms with E-state index in [1.807, 2.05) is 31.2 Å². The van der Waals surface area contributed by atoms with Crippen molar-refractivity contribution in [1.82, 2.24) is 10.3 Å². The highest BCUT2D eigenvalue weighted by Crippen LogP contribution is 2.16. The van der Waals surface area contributed by atoms with Crippen LogP contribution in [0.1, 0.15) is 30.6 Å². The van der Waals surface area contributed by atoms with Gasteiger partial charge in [0.25, 0.3) is 5.91 Å². The summed E-state index contributed by atoms with van der Waals surface area (Å²) in [5.41, 5.74) is 1.46. The van der Waals surface area contributed by atoms with Gasteiger partial charge in [-0.3, -0.25) is 9.78 Å². The molecule has 0 aliphatic rings. The fourth-order valence-electron chi connectivity index (χ4n) is 2.32. The van der Waals surface area contributed by atoms with E-state index in [0.29, 0.717) is 18.5 Å². The highest BCUT2D eigenvalue weighted by Gasteiger charge is 2.12. The highest BCUT2D eigenvalue weighted by atomic mass is 16.3. The summed E-state index contributed by atoms with van der Waals surface area (Å²) in [7, 11) is 0. The first-order valence-corrected chi connectivity index (χ1v) is 6.88. The monoisotopic (exact) mass is 272 g/mol. The molecule has 2 unspecified atom stereocenters. The summed E-state index contributed by atoms with van der Waals surface area (Å²) in [4.78, 5) is 16.5. The van der Waals surface area contributed by atoms with E-state index in [1.54, 1.807) is 19.2 Å². The average molecular weight is 272 g/mol. The van der Waals surface area contributed by atoms with E-state index in [1.165, 1.54) is 0 Å². The molecule has 4 heteroatoms. The van der Waals surface area contributed by atoms with Crippen molar-refractivity contribution in [3.05, 3.63) is 42.1 Å². The van der Waals surface area contributed by atoms with Gasteiger partial charge in [-0.2, -0.15) is 0 Å². The normalized spacial score (nSPS) is 13.9. The van der Waals surface area contributed by atoms with Gasteiger partial charge in [-0.25, -0.2) is 0 Å². The van der Waals surface area contributed by atoms with Crippen molar-refractivity contribution in [3.8, 4) is 0 Å². The zero-order valence-corrected chi connectivity index (χ0v) is 11.8. The van der Waals surface area contributed by atoms with Crippen molar-refractivity contribution in [1.29, 1.82) is 0 Å². The number of para-hydroxylation sites is 1. The van der Waals surface area contributed by atoms with Crippen molar-refractivity contribution in [2.45, 2.75) is 26.4 Å². The van der Waals surface area contributed by atoms with Gasteiger partial charge in [0.1, 0.15) is 0 Å². The molecule has 0 spiro atoms. The number of carbonyl (C=O) groups excluding carboxylic acids is 1. The smallest absolute Gasteiger partial charge is 0.252 e. The molecule has 0 radical (unpaired) electrons. The van der Waals surface area contributed by atoms with Crippen LogP contribution in [0.5, 0.6) is 0 Å². The third-order valence-electron chi connectivity index (χ3n) is 3.25. The van der Waals surface area contributed by atoms with Crippen LogP contribution in [0.3, 0.4) is 0 Å². The van der Waals surface area contributed by atoms with Gasteiger partial charge in [0.05, 0.1) is 17.2 Å². The molecule has 0 aliphatic carbocycles. The molecule has 20 heavy (non-hydrogen) atoms. The Morgan fingerprint density at radius 3 is 2.80 bits per heavy atom. The number of hydrogen-bond donors (Lipinski definition) is 2. The maximum Gasteiger partial charge on any atom is 0.252 e. The molecule has 2 N–H and O–H groups in total. The van der Waals surface area contributed by atoms with Gasteiger partial charge in [-0.05, 0) is 31.4 Å². The number of nitrogens with zero attached hydrogens (tertiary/aromatic N) is 1. The molecule has 1 amide bonds. The predicted molar refractivity (Wildman–Crippen MR) is 79.5 cm³/mol. The Morgan fingerprint density at radius 2 is 2.05 bits per heavy atom. The number of nitrogens with one attached hydrogen (secondary N) is 1. The minimum atomic E-state index is -0.344. The molecule has 0 saturated heterocycles. The van der Waals surface area contributed by atoms with E-state index in [0.717, 1.165) is 10.9 Å². The summed E-state index contributed by atoms with van der Waals surface area (Å²) in [6.45, 7) is 4.33. The minimum absolute atomic E-state index is 0.0963. The van der Waals surface area contributed by atoms with Crippen molar-refractivity contribution in [2.75, 3.05) is 6.54 Å². The molecule has 0 bridgehead atoms. The number of amides is 1. The Hall–Kier alpha value is -1.94. The second-order valence-corrected chi connectivity index (χ2v) is 5.28. The Morgan fingerprint density at radius 1 is 1.30 bits per heavy atom. The first-order valence-electron chi connectivity index (χ1n) is 6.88. The molecule has 4 nitrogen and oxygen atoms in total. The van der Waals surface area contributed by atoms with Crippen LogP contribution < -0.4 is 5.32 Å². The summed E-state index contributed by atoms with van der Waals surface area (Å²) in [6, 6.07) is 9.33. The summed E-state index contributed by atoms with van der Waals surface area (Å²) < 4.78 is 0. The van der Waals surface area contributed by atoms with Crippen LogP contribution in [-0.2, 0) is 0 Å². The molecule has 0 aliphatic heterocycles. The van der Waals surface area contributed by atoms with Crippen LogP contribution in [0.4, 0.5) is 0 Å². The zero-order chi connectivity index (χ0) is 14.5. The standard InChI is InChI=1S/C16H20N2O2/c1-11(9-12(2)19)10-18-16(20)14-7-8-17-15-6-4-3-5-13(14)15/h3-8,11-12,19H,9-10H2,1-2H3,(H,18,20). The lowest BCUT2D eigenvalue weighted by Crippen LogP contribution is -2.29. The maximum absolute atomic E-state index is 12.2. The molecule has 1 aromatic heterocycles. The fourth-order valence-corrected chi connectivity index (χ4v) is 2.32. The van der Waals surface area contributed by atoms with Crippen molar-refractivity contribution < 1.29 is 9.90 Å². The van der Waals surface area contributed by atoms with Crippen molar-refractivity contribution in [2.24, 2.45) is 5.92 Å². The number of benzene rings is 1. The van der Waals surface area contributed by atoms with Crippen LogP contribution in [0.2, 0.25) is 0 Å². The third kappa shape index (κ3) is 3.54. The first kappa shape index (κ1) is 14.5. The van der Waals surface area contributed by atoms with Crippen LogP contribution in [0.25, 0.3) is 10.9 Å². The second-order valence-electron chi connectivity index (χ2n) is 5.28. The number of fused-ring (bicyclic) bond motifs is 1. The average Bonchev–Trinajstić information content (AvgIpc) is 2.43. The Labute approximate surface area is 118 Å². The van der Waals surface area contributed by atoms with Gasteiger partial charge in [-0.1, -0.05) is 25.1 Å². The van der Waals surface area contributed by atoms with Gasteiger partial charge in [0.15, 0.2) is 0 Å². The van der Waals surface area contributed by atoms with Crippen molar-refractivity contribution in [3.63, 3.8) is 0 Å². The molecule has 2 atom stereocenters. The Kier molecular flexibility index (Phi) is 4.69. The molecule has 106 valence electrons. The molecule has 1 aromatic carbocycles. The quantitative estimate of drug-likeness (QED) is 0.878. The van der Waals surface area contributed by atoms with Crippen LogP contribution in [-0.4, -0.2) is 28.6 Å². The number of pyridine rings is 1. The van der Waals surface area contributed by atoms with E-state index in [9.17, 15) is 9.90 Å². The zero-order valence-electron chi connectivity index (χ0n) is 11.8. The molecule has 2 aromatic rings. The van der Waals surface area contributed by atoms with E-state index in [2.05, 4.69) is 10.3 Å². The van der Waals surface area contributed by atoms with E-state index >= 15 is 0 Å². The summed E-state index contributed by atoms with van der Waals surface area (Å²) in [6.07, 6.45) is 1.98. The van der Waals surface area contributed by atoms with Crippen LogP contribution in [0.15, 0.2) is 36.5 Å². The number of rotatable bonds is 5. The summed E-state index contributed by atoms with van der Waals surface area (Å²) in [5.74, 6) is 0.146. The summed E-state index contributed by atoms with van der Waals surface area (Å²) in [5, 5.41) is 13.1. The number of hydrogen-bond acceptors (Lipinski definition) is 3. The van der Waals surface area contributed by atoms with E-state index in [-0.39, 0.29) is 17.9 Å². The maximum atomic E-state index is 12.2. The van der Waals surface area contributed by atoms with E-state index in [4.69, 9.17) is 0 Å². The number of aliphatic hydroxyl groups excluding tert-OH is 1. The van der Waals surface area contributed by atoms with Gasteiger partial charge in [-0.15, -0.1) is 0 Å². The number of carbonyl (C=O) groups is 1. The Bertz CT molecular complexity index is 591. The summed E-state index contributed by atoms with van der Waals surface area (Å²) >= 11 is 0. The third-order valence-corrected chi connectivity index (χ3v) is 3.25. The topological polar surface area (TPSA) is 62.2 Å². The van der Waals surface area contributed by atoms with Crippen molar-refractivity contribution >= 4 is 16.8 Å². The lowest BCUT2D eigenvalue weighted by atomic mass is 10.0. The van der Waals surface area contributed by atoms with Gasteiger partial charge < -0.3 is 10.4 Å². The van der Waals surface area contributed by atoms with Gasteiger partial charge in [0.2, 0.25) is 0 Å². The minimum Gasteiger partial charge on any atom is -0.393 e. The molecule has 0 saturated carbocycles. The van der Waals surface area contributed by atoms with Gasteiger partial charge in [0, 0.05) is 18.1 Å². The lowest BCUT2D eigenvalue weighted by Gasteiger charge is -2.14. The predicted octanol–water partition coefficient (Wildman–Crippen LogP) is 2.37.